The number of amides is 1. The number of rotatable bonds is 2. The monoisotopic (exact) mass is 172 g/mol. The van der Waals surface area contributed by atoms with E-state index in [0.717, 1.165) is 25.9 Å². The van der Waals surface area contributed by atoms with Crippen molar-refractivity contribution in [2.75, 3.05) is 20.1 Å². The zero-order valence-electron chi connectivity index (χ0n) is 7.42. The van der Waals surface area contributed by atoms with Gasteiger partial charge >= 0.3 is 0 Å². The maximum Gasteiger partial charge on any atom is 0.263 e. The Kier molecular flexibility index (Phi) is 3.49. The molecule has 0 radical (unpaired) electrons. The van der Waals surface area contributed by atoms with Gasteiger partial charge in [-0.1, -0.05) is 6.42 Å². The summed E-state index contributed by atoms with van der Waals surface area (Å²) in [7, 11) is 1.54. The van der Waals surface area contributed by atoms with E-state index in [9.17, 15) is 9.90 Å². The van der Waals surface area contributed by atoms with Crippen LogP contribution in [-0.2, 0) is 4.79 Å². The van der Waals surface area contributed by atoms with E-state index in [-0.39, 0.29) is 5.91 Å². The lowest BCUT2D eigenvalue weighted by atomic mass is 10.1. The number of piperidine rings is 1. The molecular formula is C8H16N2O2. The highest BCUT2D eigenvalue weighted by Gasteiger charge is 2.23. The SMILES string of the molecule is CNC(=O)C(O)N1CCCCC1. The molecule has 12 heavy (non-hydrogen) atoms. The van der Waals surface area contributed by atoms with Crippen molar-refractivity contribution in [3.63, 3.8) is 0 Å². The number of carbonyl (C=O) groups is 1. The molecule has 0 aromatic heterocycles. The second-order valence-electron chi connectivity index (χ2n) is 3.08. The number of likely N-dealkylation sites (N-methyl/N-ethyl adjacent to an activating group) is 1. The van der Waals surface area contributed by atoms with Crippen LogP contribution in [0.4, 0.5) is 0 Å². The van der Waals surface area contributed by atoms with E-state index in [1.165, 1.54) is 13.5 Å². The first-order valence-electron chi connectivity index (χ1n) is 4.39. The molecule has 0 bridgehead atoms. The molecule has 1 unspecified atom stereocenters. The molecule has 1 rings (SSSR count). The number of nitrogens with zero attached hydrogens (tertiary/aromatic N) is 1. The quantitative estimate of drug-likeness (QED) is 0.592. The van der Waals surface area contributed by atoms with E-state index < -0.39 is 6.23 Å². The number of hydrogen-bond acceptors (Lipinski definition) is 3. The van der Waals surface area contributed by atoms with E-state index in [2.05, 4.69) is 5.32 Å². The molecule has 1 atom stereocenters. The maximum absolute atomic E-state index is 11.0. The maximum atomic E-state index is 11.0. The molecule has 0 aromatic rings. The van der Waals surface area contributed by atoms with Crippen molar-refractivity contribution in [3.05, 3.63) is 0 Å². The summed E-state index contributed by atoms with van der Waals surface area (Å²) in [6, 6.07) is 0. The highest BCUT2D eigenvalue weighted by molar-refractivity contribution is 5.79. The standard InChI is InChI=1S/C8H16N2O2/c1-9-7(11)8(12)10-5-3-2-4-6-10/h8,12H,2-6H2,1H3,(H,9,11). The van der Waals surface area contributed by atoms with Crippen LogP contribution in [0.15, 0.2) is 0 Å². The van der Waals surface area contributed by atoms with Crippen LogP contribution in [0.5, 0.6) is 0 Å². The van der Waals surface area contributed by atoms with Crippen molar-refractivity contribution in [3.8, 4) is 0 Å². The zero-order chi connectivity index (χ0) is 8.97. The van der Waals surface area contributed by atoms with Gasteiger partial charge in [-0.15, -0.1) is 0 Å². The third kappa shape index (κ3) is 2.19. The third-order valence-electron chi connectivity index (χ3n) is 2.22. The van der Waals surface area contributed by atoms with E-state index in [0.29, 0.717) is 0 Å². The van der Waals surface area contributed by atoms with Gasteiger partial charge in [-0.2, -0.15) is 0 Å². The van der Waals surface area contributed by atoms with Gasteiger partial charge < -0.3 is 10.4 Å². The van der Waals surface area contributed by atoms with Crippen LogP contribution < -0.4 is 5.32 Å². The smallest absolute Gasteiger partial charge is 0.263 e. The molecule has 0 spiro atoms. The van der Waals surface area contributed by atoms with Gasteiger partial charge in [0.15, 0.2) is 6.23 Å². The summed E-state index contributed by atoms with van der Waals surface area (Å²) in [6.07, 6.45) is 2.41. The summed E-state index contributed by atoms with van der Waals surface area (Å²) in [5.74, 6) is -0.308. The molecule has 70 valence electrons. The first-order chi connectivity index (χ1) is 5.75. The number of likely N-dealkylation sites (tertiary alicyclic amines) is 1. The van der Waals surface area contributed by atoms with E-state index >= 15 is 0 Å². The largest absolute Gasteiger partial charge is 0.370 e. The fourth-order valence-electron chi connectivity index (χ4n) is 1.46. The number of aliphatic hydroxyl groups is 1. The van der Waals surface area contributed by atoms with Crippen molar-refractivity contribution >= 4 is 5.91 Å². The Bertz CT molecular complexity index is 155. The summed E-state index contributed by atoms with van der Waals surface area (Å²) in [5, 5.41) is 11.9. The first-order valence-corrected chi connectivity index (χ1v) is 4.39. The minimum atomic E-state index is -0.949. The van der Waals surface area contributed by atoms with Crippen molar-refractivity contribution in [2.45, 2.75) is 25.5 Å². The Hall–Kier alpha value is -0.610. The molecule has 1 amide bonds. The van der Waals surface area contributed by atoms with Crippen LogP contribution in [0.25, 0.3) is 0 Å². The Labute approximate surface area is 72.6 Å². The van der Waals surface area contributed by atoms with Crippen LogP contribution in [-0.4, -0.2) is 42.3 Å². The van der Waals surface area contributed by atoms with Gasteiger partial charge in [-0.05, 0) is 12.8 Å². The van der Waals surface area contributed by atoms with Crippen molar-refractivity contribution in [1.29, 1.82) is 0 Å². The molecule has 1 aliphatic rings. The molecule has 1 heterocycles. The predicted octanol–water partition coefficient (Wildman–Crippen LogP) is -0.463. The number of aliphatic hydroxyl groups excluding tert-OH is 1. The highest BCUT2D eigenvalue weighted by atomic mass is 16.3. The predicted molar refractivity (Wildman–Crippen MR) is 45.5 cm³/mol. The molecule has 1 aliphatic heterocycles. The average molecular weight is 172 g/mol. The number of nitrogens with one attached hydrogen (secondary N) is 1. The molecule has 0 saturated carbocycles. The highest BCUT2D eigenvalue weighted by Crippen LogP contribution is 2.10. The third-order valence-corrected chi connectivity index (χ3v) is 2.22. The first kappa shape index (κ1) is 9.48. The fourth-order valence-corrected chi connectivity index (χ4v) is 1.46. The Morgan fingerprint density at radius 3 is 2.50 bits per heavy atom. The summed E-state index contributed by atoms with van der Waals surface area (Å²) < 4.78 is 0. The molecule has 4 heteroatoms. The Morgan fingerprint density at radius 1 is 1.42 bits per heavy atom. The fraction of sp³-hybridized carbons (Fsp3) is 0.875. The van der Waals surface area contributed by atoms with Gasteiger partial charge in [0.05, 0.1) is 0 Å². The molecule has 1 fully saturated rings. The van der Waals surface area contributed by atoms with E-state index in [1.807, 2.05) is 4.90 Å². The van der Waals surface area contributed by atoms with Crippen molar-refractivity contribution in [1.82, 2.24) is 10.2 Å². The minimum absolute atomic E-state index is 0.308. The topological polar surface area (TPSA) is 52.6 Å². The lowest BCUT2D eigenvalue weighted by Crippen LogP contribution is -2.47. The summed E-state index contributed by atoms with van der Waals surface area (Å²) in [6.45, 7) is 1.66. The van der Waals surface area contributed by atoms with Gasteiger partial charge in [0, 0.05) is 20.1 Å². The van der Waals surface area contributed by atoms with Crippen LogP contribution in [0.2, 0.25) is 0 Å². The normalized spacial score (nSPS) is 21.8. The van der Waals surface area contributed by atoms with Gasteiger partial charge in [-0.25, -0.2) is 0 Å². The van der Waals surface area contributed by atoms with Crippen LogP contribution >= 0.6 is 0 Å². The second kappa shape index (κ2) is 4.42. The lowest BCUT2D eigenvalue weighted by molar-refractivity contribution is -0.139. The van der Waals surface area contributed by atoms with Gasteiger partial charge in [-0.3, -0.25) is 9.69 Å². The Morgan fingerprint density at radius 2 is 2.00 bits per heavy atom. The lowest BCUT2D eigenvalue weighted by Gasteiger charge is -2.29. The van der Waals surface area contributed by atoms with Gasteiger partial charge in [0.1, 0.15) is 0 Å². The Balaban J connectivity index is 2.39. The molecule has 2 N–H and O–H groups in total. The zero-order valence-corrected chi connectivity index (χ0v) is 7.42. The molecule has 0 aliphatic carbocycles. The summed E-state index contributed by atoms with van der Waals surface area (Å²) >= 11 is 0. The second-order valence-corrected chi connectivity index (χ2v) is 3.08. The molecular weight excluding hydrogens is 156 g/mol. The van der Waals surface area contributed by atoms with Gasteiger partial charge in [0.2, 0.25) is 0 Å². The minimum Gasteiger partial charge on any atom is -0.370 e. The van der Waals surface area contributed by atoms with Crippen molar-refractivity contribution in [2.24, 2.45) is 0 Å². The summed E-state index contributed by atoms with van der Waals surface area (Å²) in [4.78, 5) is 12.8. The average Bonchev–Trinajstić information content (AvgIpc) is 2.17. The van der Waals surface area contributed by atoms with E-state index in [1.54, 1.807) is 0 Å². The van der Waals surface area contributed by atoms with Gasteiger partial charge in [0.25, 0.3) is 5.91 Å². The van der Waals surface area contributed by atoms with Crippen LogP contribution in [0.3, 0.4) is 0 Å². The summed E-state index contributed by atoms with van der Waals surface area (Å²) in [5.41, 5.74) is 0. The van der Waals surface area contributed by atoms with Crippen LogP contribution in [0, 0.1) is 0 Å². The molecule has 0 aromatic carbocycles. The molecule has 1 saturated heterocycles. The number of carbonyl (C=O) groups excluding carboxylic acids is 1. The van der Waals surface area contributed by atoms with Crippen molar-refractivity contribution < 1.29 is 9.90 Å². The number of hydrogen-bond donors (Lipinski definition) is 2. The van der Waals surface area contributed by atoms with Crippen LogP contribution in [0.1, 0.15) is 19.3 Å². The van der Waals surface area contributed by atoms with E-state index in [4.69, 9.17) is 0 Å². The molecule has 4 nitrogen and oxygen atoms in total.